The Morgan fingerprint density at radius 1 is 0.919 bits per heavy atom. The van der Waals surface area contributed by atoms with Crippen molar-refractivity contribution >= 4 is 11.9 Å². The molecule has 5 heteroatoms. The largest absolute Gasteiger partial charge is 0.481 e. The molecule has 10 atom stereocenters. The first kappa shape index (κ1) is 27.2. The van der Waals surface area contributed by atoms with Crippen molar-refractivity contribution in [2.45, 2.75) is 125 Å². The van der Waals surface area contributed by atoms with Crippen LogP contribution in [-0.4, -0.2) is 33.9 Å². The molecule has 0 aromatic heterocycles. The summed E-state index contributed by atoms with van der Waals surface area (Å²) in [6, 6.07) is 0. The Hall–Kier alpha value is -1.36. The number of rotatable bonds is 2. The van der Waals surface area contributed by atoms with E-state index in [0.717, 1.165) is 44.9 Å². The molecule has 0 heterocycles. The number of aliphatic carboxylic acids is 1. The van der Waals surface area contributed by atoms with E-state index in [0.29, 0.717) is 24.7 Å². The minimum atomic E-state index is -1.03. The first-order valence-electron chi connectivity index (χ1n) is 14.8. The highest BCUT2D eigenvalue weighted by Crippen LogP contribution is 2.76. The smallest absolute Gasteiger partial charge is 0.310 e. The van der Waals surface area contributed by atoms with Crippen molar-refractivity contribution in [1.82, 2.24) is 0 Å². The average molecular weight is 515 g/mol. The highest BCUT2D eigenvalue weighted by Gasteiger charge is 2.71. The molecular formula is C32H50O5. The van der Waals surface area contributed by atoms with Crippen LogP contribution in [0.25, 0.3) is 0 Å². The van der Waals surface area contributed by atoms with Gasteiger partial charge in [-0.3, -0.25) is 9.59 Å². The topological polar surface area (TPSA) is 83.8 Å². The molecule has 4 fully saturated rings. The third kappa shape index (κ3) is 3.31. The molecular weight excluding hydrogens is 464 g/mol. The van der Waals surface area contributed by atoms with E-state index >= 15 is 0 Å². The second-order valence-electron chi connectivity index (χ2n) is 15.3. The lowest BCUT2D eigenvalue weighted by Crippen LogP contribution is -2.67. The molecule has 0 amide bonds. The van der Waals surface area contributed by atoms with Crippen LogP contribution in [0.3, 0.4) is 0 Å². The number of fused-ring (bicyclic) bond motifs is 7. The third-order valence-electron chi connectivity index (χ3n) is 13.7. The fraction of sp³-hybridized carbons (Fsp3) is 0.875. The van der Waals surface area contributed by atoms with Gasteiger partial charge in [0.1, 0.15) is 6.10 Å². The van der Waals surface area contributed by atoms with E-state index in [1.165, 1.54) is 12.5 Å². The maximum Gasteiger partial charge on any atom is 0.310 e. The van der Waals surface area contributed by atoms with Crippen molar-refractivity contribution in [2.75, 3.05) is 0 Å². The molecule has 0 saturated heterocycles. The molecule has 0 radical (unpaired) electrons. The van der Waals surface area contributed by atoms with Gasteiger partial charge in [0.15, 0.2) is 0 Å². The lowest BCUT2D eigenvalue weighted by Gasteiger charge is -2.71. The first-order valence-corrected chi connectivity index (χ1v) is 14.8. The van der Waals surface area contributed by atoms with Gasteiger partial charge >= 0.3 is 11.9 Å². The molecule has 0 aromatic rings. The van der Waals surface area contributed by atoms with Crippen molar-refractivity contribution in [1.29, 1.82) is 0 Å². The molecule has 2 N–H and O–H groups in total. The predicted octanol–water partition coefficient (Wildman–Crippen LogP) is 6.78. The summed E-state index contributed by atoms with van der Waals surface area (Å²) in [6.07, 6.45) is 10.4. The minimum absolute atomic E-state index is 0.0358. The van der Waals surface area contributed by atoms with Crippen LogP contribution < -0.4 is 0 Å². The zero-order valence-corrected chi connectivity index (χ0v) is 24.4. The van der Waals surface area contributed by atoms with E-state index in [2.05, 4.69) is 47.6 Å². The van der Waals surface area contributed by atoms with Crippen LogP contribution >= 0.6 is 0 Å². The summed E-state index contributed by atoms with van der Waals surface area (Å²) < 4.78 is 5.86. The molecule has 5 aliphatic carbocycles. The van der Waals surface area contributed by atoms with Crippen LogP contribution in [0.5, 0.6) is 0 Å². The number of aliphatic hydroxyl groups is 1. The van der Waals surface area contributed by atoms with Gasteiger partial charge in [-0.25, -0.2) is 0 Å². The van der Waals surface area contributed by atoms with E-state index in [1.54, 1.807) is 0 Å². The van der Waals surface area contributed by atoms with Crippen LogP contribution in [0.15, 0.2) is 11.6 Å². The number of esters is 1. The van der Waals surface area contributed by atoms with Crippen LogP contribution in [0.4, 0.5) is 0 Å². The van der Waals surface area contributed by atoms with Gasteiger partial charge in [0.05, 0.1) is 11.0 Å². The molecule has 10 unspecified atom stereocenters. The molecule has 5 aliphatic rings. The van der Waals surface area contributed by atoms with Crippen molar-refractivity contribution < 1.29 is 24.5 Å². The van der Waals surface area contributed by atoms with E-state index in [4.69, 9.17) is 4.74 Å². The highest BCUT2D eigenvalue weighted by molar-refractivity contribution is 5.77. The number of allylic oxidation sites excluding steroid dienone is 1. The summed E-state index contributed by atoms with van der Waals surface area (Å²) >= 11 is 0. The fourth-order valence-corrected chi connectivity index (χ4v) is 11.2. The number of carboxylic acid groups (broad SMARTS) is 1. The van der Waals surface area contributed by atoms with Crippen molar-refractivity contribution in [3.05, 3.63) is 11.6 Å². The lowest BCUT2D eigenvalue weighted by molar-refractivity contribution is -0.221. The zero-order chi connectivity index (χ0) is 27.4. The van der Waals surface area contributed by atoms with Crippen LogP contribution in [0.2, 0.25) is 0 Å². The standard InChI is InChI=1S/C32H50O5/c1-19-11-16-32(26(34)35)18-17-29(6)21(25(32)31(19,8)36)9-10-23-28(5)14-13-24(37-20(2)33)27(3,4)22(28)12-15-30(23,29)7/h9,19,22-25,36H,10-18H2,1-8H3,(H,34,35). The van der Waals surface area contributed by atoms with E-state index < -0.39 is 17.0 Å². The quantitative estimate of drug-likeness (QED) is 0.314. The van der Waals surface area contributed by atoms with Gasteiger partial charge in [0, 0.05) is 18.3 Å². The molecule has 0 spiro atoms. The van der Waals surface area contributed by atoms with Gasteiger partial charge in [0.25, 0.3) is 0 Å². The van der Waals surface area contributed by atoms with Crippen LogP contribution in [0, 0.1) is 50.7 Å². The second-order valence-corrected chi connectivity index (χ2v) is 15.3. The Labute approximate surface area is 223 Å². The van der Waals surface area contributed by atoms with Crippen molar-refractivity contribution in [2.24, 2.45) is 50.7 Å². The zero-order valence-electron chi connectivity index (χ0n) is 24.4. The number of carbonyl (C=O) groups excluding carboxylic acids is 1. The number of hydrogen-bond donors (Lipinski definition) is 2. The number of hydrogen-bond acceptors (Lipinski definition) is 4. The van der Waals surface area contributed by atoms with Crippen molar-refractivity contribution in [3.63, 3.8) is 0 Å². The maximum atomic E-state index is 12.9. The Balaban J connectivity index is 1.59. The molecule has 5 rings (SSSR count). The summed E-state index contributed by atoms with van der Waals surface area (Å²) in [4.78, 5) is 24.8. The van der Waals surface area contributed by atoms with Crippen LogP contribution in [-0.2, 0) is 14.3 Å². The monoisotopic (exact) mass is 514 g/mol. The Morgan fingerprint density at radius 2 is 1.59 bits per heavy atom. The summed E-state index contributed by atoms with van der Waals surface area (Å²) in [7, 11) is 0. The second kappa shape index (κ2) is 8.08. The molecule has 0 aliphatic heterocycles. The number of carboxylic acids is 1. The normalized spacial score (nSPS) is 52.5. The molecule has 5 nitrogen and oxygen atoms in total. The van der Waals surface area contributed by atoms with Gasteiger partial charge in [-0.2, -0.15) is 0 Å². The van der Waals surface area contributed by atoms with E-state index in [9.17, 15) is 19.8 Å². The third-order valence-corrected chi connectivity index (χ3v) is 13.7. The van der Waals surface area contributed by atoms with Gasteiger partial charge in [0.2, 0.25) is 0 Å². The van der Waals surface area contributed by atoms with E-state index in [-0.39, 0.29) is 45.6 Å². The lowest BCUT2D eigenvalue weighted by atomic mass is 9.33. The minimum Gasteiger partial charge on any atom is -0.481 e. The van der Waals surface area contributed by atoms with Gasteiger partial charge in [-0.15, -0.1) is 0 Å². The number of carbonyl (C=O) groups is 2. The Morgan fingerprint density at radius 3 is 2.22 bits per heavy atom. The highest BCUT2D eigenvalue weighted by atomic mass is 16.5. The summed E-state index contributed by atoms with van der Waals surface area (Å²) in [5, 5.41) is 22.5. The summed E-state index contributed by atoms with van der Waals surface area (Å²) in [6.45, 7) is 17.5. The molecule has 208 valence electrons. The molecule has 37 heavy (non-hydrogen) atoms. The van der Waals surface area contributed by atoms with E-state index in [1.807, 2.05) is 6.92 Å². The van der Waals surface area contributed by atoms with Gasteiger partial charge in [-0.1, -0.05) is 53.2 Å². The van der Waals surface area contributed by atoms with Crippen LogP contribution in [0.1, 0.15) is 113 Å². The fourth-order valence-electron chi connectivity index (χ4n) is 11.2. The van der Waals surface area contributed by atoms with Crippen molar-refractivity contribution in [3.8, 4) is 0 Å². The number of ether oxygens (including phenoxy) is 1. The Kier molecular flexibility index (Phi) is 5.95. The SMILES string of the molecule is CC(=O)OC1CCC2(C)C(CCC3(C)C2CC=C2C4C(C(=O)O)(CCC(C)C4(C)O)CCC23C)C1(C)C. The first-order chi connectivity index (χ1) is 17.0. The molecule has 4 saturated carbocycles. The molecule has 0 aromatic carbocycles. The average Bonchev–Trinajstić information content (AvgIpc) is 2.78. The van der Waals surface area contributed by atoms with Gasteiger partial charge < -0.3 is 14.9 Å². The Bertz CT molecular complexity index is 1030. The predicted molar refractivity (Wildman–Crippen MR) is 144 cm³/mol. The summed E-state index contributed by atoms with van der Waals surface area (Å²) in [5.41, 5.74) is -0.708. The summed E-state index contributed by atoms with van der Waals surface area (Å²) in [5.74, 6) is -0.217. The molecule has 0 bridgehead atoms. The maximum absolute atomic E-state index is 12.9. The van der Waals surface area contributed by atoms with Gasteiger partial charge in [-0.05, 0) is 98.7 Å².